The fourth-order valence-corrected chi connectivity index (χ4v) is 2.61. The molecule has 0 aromatic heterocycles. The van der Waals surface area contributed by atoms with Gasteiger partial charge in [0.05, 0.1) is 6.10 Å². The second-order valence-corrected chi connectivity index (χ2v) is 6.24. The van der Waals surface area contributed by atoms with Gasteiger partial charge in [0.15, 0.2) is 0 Å². The predicted molar refractivity (Wildman–Crippen MR) is 62.9 cm³/mol. The Kier molecular flexibility index (Phi) is 3.36. The first-order valence-electron chi connectivity index (χ1n) is 6.42. The molecule has 2 atom stereocenters. The topological polar surface area (TPSA) is 21.3 Å². The van der Waals surface area contributed by atoms with Crippen molar-refractivity contribution in [2.45, 2.75) is 58.6 Å². The highest BCUT2D eigenvalue weighted by Gasteiger charge is 2.35. The molecule has 0 aromatic carbocycles. The van der Waals surface area contributed by atoms with Crippen LogP contribution in [-0.2, 0) is 4.74 Å². The van der Waals surface area contributed by atoms with Crippen molar-refractivity contribution in [2.75, 3.05) is 13.2 Å². The minimum atomic E-state index is 0.288. The molecule has 0 bridgehead atoms. The van der Waals surface area contributed by atoms with E-state index in [-0.39, 0.29) is 5.41 Å². The first kappa shape index (κ1) is 11.4. The van der Waals surface area contributed by atoms with E-state index in [1.54, 1.807) is 0 Å². The zero-order valence-corrected chi connectivity index (χ0v) is 10.4. The van der Waals surface area contributed by atoms with Crippen LogP contribution in [0.25, 0.3) is 0 Å². The maximum absolute atomic E-state index is 5.97. The van der Waals surface area contributed by atoms with E-state index in [2.05, 4.69) is 26.1 Å². The lowest BCUT2D eigenvalue weighted by Gasteiger charge is -2.40. The van der Waals surface area contributed by atoms with Gasteiger partial charge < -0.3 is 10.1 Å². The first-order valence-corrected chi connectivity index (χ1v) is 6.42. The van der Waals surface area contributed by atoms with Crippen molar-refractivity contribution in [1.82, 2.24) is 5.32 Å². The monoisotopic (exact) mass is 211 g/mol. The van der Waals surface area contributed by atoms with Crippen LogP contribution in [0.3, 0.4) is 0 Å². The summed E-state index contributed by atoms with van der Waals surface area (Å²) in [4.78, 5) is 0. The van der Waals surface area contributed by atoms with Crippen molar-refractivity contribution in [3.63, 3.8) is 0 Å². The number of nitrogens with one attached hydrogen (secondary N) is 1. The lowest BCUT2D eigenvalue weighted by molar-refractivity contribution is -0.0845. The quantitative estimate of drug-likeness (QED) is 0.774. The van der Waals surface area contributed by atoms with E-state index in [0.717, 1.165) is 25.1 Å². The molecule has 1 heterocycles. The fourth-order valence-electron chi connectivity index (χ4n) is 2.61. The summed E-state index contributed by atoms with van der Waals surface area (Å²) in [5.74, 6) is 0.722. The summed E-state index contributed by atoms with van der Waals surface area (Å²) >= 11 is 0. The van der Waals surface area contributed by atoms with Crippen LogP contribution in [0.2, 0.25) is 0 Å². The van der Waals surface area contributed by atoms with E-state index >= 15 is 0 Å². The maximum atomic E-state index is 5.97. The van der Waals surface area contributed by atoms with Crippen molar-refractivity contribution >= 4 is 0 Å². The number of hydrogen-bond acceptors (Lipinski definition) is 2. The van der Waals surface area contributed by atoms with Crippen LogP contribution in [0.4, 0.5) is 0 Å². The van der Waals surface area contributed by atoms with Crippen LogP contribution in [0.5, 0.6) is 0 Å². The van der Waals surface area contributed by atoms with Crippen LogP contribution >= 0.6 is 0 Å². The molecule has 88 valence electrons. The summed E-state index contributed by atoms with van der Waals surface area (Å²) in [6.07, 6.45) is 5.78. The van der Waals surface area contributed by atoms with Crippen molar-refractivity contribution in [3.05, 3.63) is 0 Å². The van der Waals surface area contributed by atoms with Gasteiger partial charge in [-0.3, -0.25) is 0 Å². The van der Waals surface area contributed by atoms with Gasteiger partial charge in [-0.05, 0) is 37.0 Å². The van der Waals surface area contributed by atoms with Crippen LogP contribution in [0, 0.1) is 11.3 Å². The molecule has 1 saturated carbocycles. The smallest absolute Gasteiger partial charge is 0.0663 e. The lowest BCUT2D eigenvalue weighted by atomic mass is 9.78. The minimum Gasteiger partial charge on any atom is -0.377 e. The normalized spacial score (nSPS) is 33.0. The van der Waals surface area contributed by atoms with Gasteiger partial charge in [-0.25, -0.2) is 0 Å². The summed E-state index contributed by atoms with van der Waals surface area (Å²) in [5, 5.41) is 3.65. The van der Waals surface area contributed by atoms with E-state index < -0.39 is 0 Å². The molecule has 15 heavy (non-hydrogen) atoms. The molecule has 2 rings (SSSR count). The molecule has 2 heteroatoms. The third-order valence-corrected chi connectivity index (χ3v) is 3.54. The van der Waals surface area contributed by atoms with Gasteiger partial charge in [0.25, 0.3) is 0 Å². The number of hydrogen-bond donors (Lipinski definition) is 1. The molecular formula is C13H25NO. The second kappa shape index (κ2) is 4.42. The first-order chi connectivity index (χ1) is 7.07. The van der Waals surface area contributed by atoms with Gasteiger partial charge in [-0.15, -0.1) is 0 Å². The van der Waals surface area contributed by atoms with E-state index in [9.17, 15) is 0 Å². The average Bonchev–Trinajstić information content (AvgIpc) is 2.97. The van der Waals surface area contributed by atoms with E-state index in [4.69, 9.17) is 4.74 Å². The Balaban J connectivity index is 1.86. The third-order valence-electron chi connectivity index (χ3n) is 3.54. The number of ether oxygens (including phenoxy) is 1. The Morgan fingerprint density at radius 3 is 2.53 bits per heavy atom. The van der Waals surface area contributed by atoms with E-state index in [1.165, 1.54) is 25.7 Å². The van der Waals surface area contributed by atoms with E-state index in [0.29, 0.717) is 6.10 Å². The molecule has 2 unspecified atom stereocenters. The average molecular weight is 211 g/mol. The van der Waals surface area contributed by atoms with Crippen molar-refractivity contribution in [3.8, 4) is 0 Å². The van der Waals surface area contributed by atoms with Crippen molar-refractivity contribution in [2.24, 2.45) is 11.3 Å². The van der Waals surface area contributed by atoms with Gasteiger partial charge in [0, 0.05) is 19.2 Å². The summed E-state index contributed by atoms with van der Waals surface area (Å²) in [5.41, 5.74) is 0.288. The summed E-state index contributed by atoms with van der Waals surface area (Å²) in [6, 6.07) is 0.826. The molecule has 0 aromatic rings. The molecule has 1 N–H and O–H groups in total. The Bertz CT molecular complexity index is 205. The van der Waals surface area contributed by atoms with Gasteiger partial charge in [-0.2, -0.15) is 0 Å². The molecule has 1 saturated heterocycles. The highest BCUT2D eigenvalue weighted by molar-refractivity contribution is 4.88. The molecule has 1 aliphatic carbocycles. The zero-order valence-electron chi connectivity index (χ0n) is 10.4. The van der Waals surface area contributed by atoms with Gasteiger partial charge in [0.2, 0.25) is 0 Å². The zero-order chi connectivity index (χ0) is 10.9. The Hall–Kier alpha value is -0.0800. The third kappa shape index (κ3) is 3.18. The number of rotatable bonds is 3. The largest absolute Gasteiger partial charge is 0.377 e. The molecule has 2 nitrogen and oxygen atoms in total. The molecule has 0 amide bonds. The summed E-state index contributed by atoms with van der Waals surface area (Å²) in [6.45, 7) is 9.02. The van der Waals surface area contributed by atoms with Crippen molar-refractivity contribution in [1.29, 1.82) is 0 Å². The Labute approximate surface area is 93.8 Å². The molecular weight excluding hydrogens is 186 g/mol. The maximum Gasteiger partial charge on any atom is 0.0663 e. The highest BCUT2D eigenvalue weighted by atomic mass is 16.5. The molecule has 0 spiro atoms. The van der Waals surface area contributed by atoms with E-state index in [1.807, 2.05) is 0 Å². The molecule has 0 radical (unpaired) electrons. The Morgan fingerprint density at radius 1 is 1.20 bits per heavy atom. The van der Waals surface area contributed by atoms with Crippen LogP contribution in [0.15, 0.2) is 0 Å². The summed E-state index contributed by atoms with van der Waals surface area (Å²) in [7, 11) is 0. The fraction of sp³-hybridized carbons (Fsp3) is 1.00. The standard InChI is InChI=1S/C13H25NO/c1-13(2,3)12-10(5-4-8-15-12)9-14-11-6-7-11/h10-12,14H,4-9H2,1-3H3. The lowest BCUT2D eigenvalue weighted by Crippen LogP contribution is -2.44. The van der Waals surface area contributed by atoms with Gasteiger partial charge in [0.1, 0.15) is 0 Å². The summed E-state index contributed by atoms with van der Waals surface area (Å²) < 4.78 is 5.97. The second-order valence-electron chi connectivity index (χ2n) is 6.24. The SMILES string of the molecule is CC(C)(C)C1OCCCC1CNC1CC1. The van der Waals surface area contributed by atoms with Crippen LogP contribution in [-0.4, -0.2) is 25.3 Å². The molecule has 1 aliphatic heterocycles. The van der Waals surface area contributed by atoms with Gasteiger partial charge in [-0.1, -0.05) is 20.8 Å². The minimum absolute atomic E-state index is 0.288. The highest BCUT2D eigenvalue weighted by Crippen LogP contribution is 2.34. The molecule has 2 fully saturated rings. The Morgan fingerprint density at radius 2 is 1.93 bits per heavy atom. The molecule has 2 aliphatic rings. The van der Waals surface area contributed by atoms with Gasteiger partial charge >= 0.3 is 0 Å². The van der Waals surface area contributed by atoms with Crippen LogP contribution < -0.4 is 5.32 Å². The van der Waals surface area contributed by atoms with Crippen molar-refractivity contribution < 1.29 is 4.74 Å². The van der Waals surface area contributed by atoms with Crippen LogP contribution in [0.1, 0.15) is 46.5 Å². The predicted octanol–water partition coefficient (Wildman–Crippen LogP) is 2.58.